The highest BCUT2D eigenvalue weighted by atomic mass is 28.3. The van der Waals surface area contributed by atoms with Gasteiger partial charge in [0.2, 0.25) is 0 Å². The Morgan fingerprint density at radius 3 is 1.64 bits per heavy atom. The van der Waals surface area contributed by atoms with Gasteiger partial charge in [0, 0.05) is 0 Å². The van der Waals surface area contributed by atoms with Gasteiger partial charge in [0.1, 0.15) is 0 Å². The van der Waals surface area contributed by atoms with Crippen LogP contribution in [0.4, 0.5) is 0 Å². The van der Waals surface area contributed by atoms with Crippen LogP contribution in [0.15, 0.2) is 12.3 Å². The minimum absolute atomic E-state index is 0.796. The zero-order chi connectivity index (χ0) is 11.4. The summed E-state index contributed by atoms with van der Waals surface area (Å²) in [6.45, 7) is 13.5. The summed E-state index contributed by atoms with van der Waals surface area (Å²) in [4.78, 5) is 0. The number of nitrogens with zero attached hydrogens (tertiary/aromatic N) is 1. The second kappa shape index (κ2) is 5.71. The molecular weight excluding hydrogens is 186 g/mol. The molecule has 2 atom stereocenters. The fraction of sp³-hybridized carbons (Fsp3) is 0.833. The second-order valence-electron chi connectivity index (χ2n) is 4.60. The summed E-state index contributed by atoms with van der Waals surface area (Å²) in [5.41, 5.74) is 3.88. The van der Waals surface area contributed by atoms with Crippen LogP contribution in [0.2, 0.25) is 11.1 Å². The summed E-state index contributed by atoms with van der Waals surface area (Å²) in [5, 5.41) is 0. The van der Waals surface area contributed by atoms with Gasteiger partial charge in [0.25, 0.3) is 0 Å². The molecule has 84 valence electrons. The van der Waals surface area contributed by atoms with Crippen molar-refractivity contribution in [2.75, 3.05) is 14.1 Å². The van der Waals surface area contributed by atoms with Crippen molar-refractivity contribution in [1.29, 1.82) is 0 Å². The van der Waals surface area contributed by atoms with Gasteiger partial charge >= 0.3 is 0 Å². The zero-order valence-corrected chi connectivity index (χ0v) is 11.8. The minimum Gasteiger partial charge on any atom is -0.325 e. The van der Waals surface area contributed by atoms with E-state index in [2.05, 4.69) is 58.6 Å². The molecule has 0 spiro atoms. The molecule has 0 aliphatic carbocycles. The number of hydrogen-bond acceptors (Lipinski definition) is 1. The van der Waals surface area contributed by atoms with Gasteiger partial charge in [-0.05, 0) is 25.2 Å². The Bertz CT molecular complexity index is 167. The summed E-state index contributed by atoms with van der Waals surface area (Å²) in [7, 11) is 3.00. The van der Waals surface area contributed by atoms with E-state index in [-0.39, 0.29) is 0 Å². The maximum absolute atomic E-state index is 4.11. The van der Waals surface area contributed by atoms with Crippen LogP contribution < -0.4 is 0 Å². The van der Waals surface area contributed by atoms with E-state index in [0.717, 1.165) is 11.1 Å². The molecule has 2 heteroatoms. The van der Waals surface area contributed by atoms with Crippen molar-refractivity contribution in [2.45, 2.75) is 51.6 Å². The topological polar surface area (TPSA) is 3.24 Å². The van der Waals surface area contributed by atoms with Crippen LogP contribution in [0, 0.1) is 0 Å². The fourth-order valence-electron chi connectivity index (χ4n) is 2.61. The van der Waals surface area contributed by atoms with E-state index in [9.17, 15) is 0 Å². The Morgan fingerprint density at radius 1 is 1.14 bits per heavy atom. The summed E-state index contributed by atoms with van der Waals surface area (Å²) in [6.07, 6.45) is 2.53. The lowest BCUT2D eigenvalue weighted by molar-refractivity contribution is 0.557. The van der Waals surface area contributed by atoms with Crippen LogP contribution in [-0.2, 0) is 0 Å². The average molecular weight is 213 g/mol. The van der Waals surface area contributed by atoms with Crippen LogP contribution in [-0.4, -0.2) is 26.9 Å². The van der Waals surface area contributed by atoms with Gasteiger partial charge in [-0.15, -0.1) is 6.58 Å². The van der Waals surface area contributed by atoms with Crippen LogP contribution in [0.5, 0.6) is 0 Å². The molecule has 0 aromatic heterocycles. The summed E-state index contributed by atoms with van der Waals surface area (Å²) >= 11 is 0. The molecule has 14 heavy (non-hydrogen) atoms. The highest BCUT2D eigenvalue weighted by molar-refractivity contribution is 6.84. The number of hydrogen-bond donors (Lipinski definition) is 0. The maximum atomic E-state index is 4.11. The van der Waals surface area contributed by atoms with Crippen LogP contribution in [0.3, 0.4) is 0 Å². The van der Waals surface area contributed by atoms with Gasteiger partial charge in [-0.2, -0.15) is 0 Å². The molecule has 0 heterocycles. The SMILES string of the molecule is C=C[Si](C(C)CC)(C(C)CC)N(C)C. The van der Waals surface area contributed by atoms with E-state index in [4.69, 9.17) is 0 Å². The minimum atomic E-state index is -1.46. The van der Waals surface area contributed by atoms with Gasteiger partial charge < -0.3 is 4.57 Å². The van der Waals surface area contributed by atoms with Crippen molar-refractivity contribution >= 4 is 8.24 Å². The summed E-state index contributed by atoms with van der Waals surface area (Å²) in [6, 6.07) is 0. The van der Waals surface area contributed by atoms with E-state index in [1.807, 2.05) is 0 Å². The van der Waals surface area contributed by atoms with Gasteiger partial charge in [0.05, 0.1) is 0 Å². The van der Waals surface area contributed by atoms with Crippen LogP contribution in [0.25, 0.3) is 0 Å². The molecule has 0 aliphatic rings. The third-order valence-corrected chi connectivity index (χ3v) is 10.1. The fourth-order valence-corrected chi connectivity index (χ4v) is 7.82. The number of rotatable bonds is 6. The van der Waals surface area contributed by atoms with Crippen molar-refractivity contribution < 1.29 is 0 Å². The molecule has 0 aromatic carbocycles. The standard InChI is InChI=1S/C12H27NSi/c1-8-11(4)14(10-3,13(6)7)12(5)9-2/h10-12H,3,8-9H2,1-2,4-7H3. The highest BCUT2D eigenvalue weighted by Gasteiger charge is 2.41. The van der Waals surface area contributed by atoms with Crippen molar-refractivity contribution in [3.05, 3.63) is 12.3 Å². The lowest BCUT2D eigenvalue weighted by Crippen LogP contribution is -2.54. The van der Waals surface area contributed by atoms with E-state index in [1.54, 1.807) is 0 Å². The largest absolute Gasteiger partial charge is 0.325 e. The average Bonchev–Trinajstić information content (AvgIpc) is 2.18. The van der Waals surface area contributed by atoms with Gasteiger partial charge in [-0.1, -0.05) is 46.2 Å². The lowest BCUT2D eigenvalue weighted by atomic mass is 10.3. The zero-order valence-electron chi connectivity index (χ0n) is 10.8. The first-order valence-electron chi connectivity index (χ1n) is 5.78. The predicted octanol–water partition coefficient (Wildman–Crippen LogP) is 3.82. The van der Waals surface area contributed by atoms with Crippen molar-refractivity contribution in [2.24, 2.45) is 0 Å². The maximum Gasteiger partial charge on any atom is 0.157 e. The molecule has 0 fully saturated rings. The van der Waals surface area contributed by atoms with Gasteiger partial charge in [-0.3, -0.25) is 0 Å². The van der Waals surface area contributed by atoms with E-state index in [1.165, 1.54) is 12.8 Å². The van der Waals surface area contributed by atoms with Crippen molar-refractivity contribution in [3.8, 4) is 0 Å². The van der Waals surface area contributed by atoms with E-state index in [0.29, 0.717) is 0 Å². The molecule has 0 amide bonds. The van der Waals surface area contributed by atoms with Crippen LogP contribution >= 0.6 is 0 Å². The molecule has 0 saturated carbocycles. The molecule has 1 nitrogen and oxygen atoms in total. The molecular formula is C12H27NSi. The van der Waals surface area contributed by atoms with Gasteiger partial charge in [0.15, 0.2) is 8.24 Å². The van der Waals surface area contributed by atoms with Gasteiger partial charge in [-0.25, -0.2) is 0 Å². The normalized spacial score (nSPS) is 20.2. The molecule has 0 radical (unpaired) electrons. The Morgan fingerprint density at radius 2 is 1.50 bits per heavy atom. The Hall–Kier alpha value is -0.0831. The lowest BCUT2D eigenvalue weighted by Gasteiger charge is -2.44. The quantitative estimate of drug-likeness (QED) is 0.606. The highest BCUT2D eigenvalue weighted by Crippen LogP contribution is 2.38. The first-order chi connectivity index (χ1) is 6.47. The molecule has 0 bridgehead atoms. The molecule has 0 rings (SSSR count). The predicted molar refractivity (Wildman–Crippen MR) is 69.1 cm³/mol. The van der Waals surface area contributed by atoms with Crippen molar-refractivity contribution in [3.63, 3.8) is 0 Å². The molecule has 0 aromatic rings. The third-order valence-electron chi connectivity index (χ3n) is 3.91. The summed E-state index contributed by atoms with van der Waals surface area (Å²) in [5.74, 6) is 0. The Labute approximate surface area is 91.3 Å². The Kier molecular flexibility index (Phi) is 5.68. The van der Waals surface area contributed by atoms with Crippen LogP contribution in [0.1, 0.15) is 40.5 Å². The molecule has 0 N–H and O–H groups in total. The van der Waals surface area contributed by atoms with E-state index < -0.39 is 8.24 Å². The molecule has 2 unspecified atom stereocenters. The monoisotopic (exact) mass is 213 g/mol. The molecule has 0 saturated heterocycles. The smallest absolute Gasteiger partial charge is 0.157 e. The first kappa shape index (κ1) is 13.9. The van der Waals surface area contributed by atoms with E-state index >= 15 is 0 Å². The molecule has 0 aliphatic heterocycles. The Balaban J connectivity index is 5.07. The third kappa shape index (κ3) is 2.29. The second-order valence-corrected chi connectivity index (χ2v) is 9.65. The summed E-state index contributed by atoms with van der Waals surface area (Å²) < 4.78 is 2.47. The van der Waals surface area contributed by atoms with Crippen molar-refractivity contribution in [1.82, 2.24) is 4.57 Å². The first-order valence-corrected chi connectivity index (χ1v) is 7.96.